The van der Waals surface area contributed by atoms with E-state index in [0.29, 0.717) is 6.54 Å². The molecule has 1 aromatic heterocycles. The van der Waals surface area contributed by atoms with Crippen LogP contribution in [0, 0.1) is 0 Å². The van der Waals surface area contributed by atoms with Crippen LogP contribution < -0.4 is 5.73 Å². The Hall–Kier alpha value is -0.770. The Labute approximate surface area is 129 Å². The van der Waals surface area contributed by atoms with Gasteiger partial charge in [0.1, 0.15) is 0 Å². The summed E-state index contributed by atoms with van der Waals surface area (Å²) in [5.41, 5.74) is 9.35. The number of nitrogens with two attached hydrogens (primary N) is 1. The monoisotopic (exact) mass is 342 g/mol. The van der Waals surface area contributed by atoms with Gasteiger partial charge >= 0.3 is 0 Å². The number of rotatable bonds is 4. The Kier molecular flexibility index (Phi) is 5.25. The van der Waals surface area contributed by atoms with Gasteiger partial charge in [0.05, 0.1) is 0 Å². The lowest BCUT2D eigenvalue weighted by atomic mass is 9.86. The molecule has 0 unspecified atom stereocenters. The number of H-pyrrole nitrogens is 1. The Balaban J connectivity index is 0.00000180. The molecular weight excluding hydrogens is 324 g/mol. The van der Waals surface area contributed by atoms with Crippen LogP contribution in [0.25, 0.3) is 10.9 Å². The zero-order valence-corrected chi connectivity index (χ0v) is 13.7. The highest BCUT2D eigenvalue weighted by Gasteiger charge is 2.23. The molecule has 0 bridgehead atoms. The van der Waals surface area contributed by atoms with Crippen molar-refractivity contribution in [3.05, 3.63) is 46.6 Å². The van der Waals surface area contributed by atoms with Crippen molar-refractivity contribution in [1.29, 1.82) is 0 Å². The molecule has 1 aromatic carbocycles. The van der Waals surface area contributed by atoms with E-state index in [9.17, 15) is 0 Å². The first kappa shape index (κ1) is 16.3. The maximum absolute atomic E-state index is 5.75. The van der Waals surface area contributed by atoms with Crippen LogP contribution in [-0.4, -0.2) is 11.5 Å². The van der Waals surface area contributed by atoms with Crippen molar-refractivity contribution in [2.75, 3.05) is 6.54 Å². The fraction of sp³-hybridized carbons (Fsp3) is 0.333. The predicted molar refractivity (Wildman–Crippen MR) is 89.2 cm³/mol. The molecule has 19 heavy (non-hydrogen) atoms. The second-order valence-electron chi connectivity index (χ2n) is 5.13. The van der Waals surface area contributed by atoms with Crippen LogP contribution in [0.2, 0.25) is 0 Å². The number of allylic oxidation sites excluding steroid dienone is 1. The maximum atomic E-state index is 5.75. The molecule has 0 saturated heterocycles. The zero-order valence-electron chi connectivity index (χ0n) is 11.3. The lowest BCUT2D eigenvalue weighted by Gasteiger charge is -2.20. The second-order valence-corrected chi connectivity index (χ2v) is 6.05. The highest BCUT2D eigenvalue weighted by molar-refractivity contribution is 9.10. The number of benzene rings is 1. The summed E-state index contributed by atoms with van der Waals surface area (Å²) in [5.74, 6) is 0. The Morgan fingerprint density at radius 1 is 1.42 bits per heavy atom. The van der Waals surface area contributed by atoms with Gasteiger partial charge < -0.3 is 10.7 Å². The molecule has 2 rings (SSSR count). The minimum atomic E-state index is -0.0734. The van der Waals surface area contributed by atoms with Crippen LogP contribution in [0.15, 0.2) is 35.3 Å². The normalized spacial score (nSPS) is 11.4. The summed E-state index contributed by atoms with van der Waals surface area (Å²) in [6.07, 6.45) is 2.86. The standard InChI is InChI=1S/C15H19BrN2.ClH/c1-4-15(2,3)14-12(7-8-17)11-6-5-10(16)9-13(11)18-14;/h4-6,9,18H,1,7-8,17H2,2-3H3;1H. The largest absolute Gasteiger partial charge is 0.357 e. The SMILES string of the molecule is C=CC(C)(C)c1[nH]c2cc(Br)ccc2c1CCN.Cl. The lowest BCUT2D eigenvalue weighted by molar-refractivity contribution is 0.642. The summed E-state index contributed by atoms with van der Waals surface area (Å²) in [4.78, 5) is 3.52. The zero-order chi connectivity index (χ0) is 13.3. The van der Waals surface area contributed by atoms with Gasteiger partial charge in [-0.15, -0.1) is 19.0 Å². The van der Waals surface area contributed by atoms with Crippen molar-refractivity contribution in [2.45, 2.75) is 25.7 Å². The number of aromatic nitrogens is 1. The summed E-state index contributed by atoms with van der Waals surface area (Å²) in [7, 11) is 0. The fourth-order valence-corrected chi connectivity index (χ4v) is 2.64. The fourth-order valence-electron chi connectivity index (χ4n) is 2.28. The highest BCUT2D eigenvalue weighted by Crippen LogP contribution is 2.33. The molecule has 2 aromatic rings. The van der Waals surface area contributed by atoms with Gasteiger partial charge in [0.25, 0.3) is 0 Å². The van der Waals surface area contributed by atoms with E-state index >= 15 is 0 Å². The molecule has 2 nitrogen and oxygen atoms in total. The number of aromatic amines is 1. The average molecular weight is 344 g/mol. The van der Waals surface area contributed by atoms with Crippen LogP contribution >= 0.6 is 28.3 Å². The molecule has 0 saturated carbocycles. The van der Waals surface area contributed by atoms with Gasteiger partial charge in [0, 0.05) is 26.5 Å². The first-order chi connectivity index (χ1) is 8.49. The number of fused-ring (bicyclic) bond motifs is 1. The topological polar surface area (TPSA) is 41.8 Å². The van der Waals surface area contributed by atoms with Crippen LogP contribution in [0.5, 0.6) is 0 Å². The molecule has 0 fully saturated rings. The van der Waals surface area contributed by atoms with E-state index in [1.165, 1.54) is 16.6 Å². The number of nitrogens with one attached hydrogen (secondary N) is 1. The van der Waals surface area contributed by atoms with Crippen molar-refractivity contribution < 1.29 is 0 Å². The van der Waals surface area contributed by atoms with Crippen molar-refractivity contribution >= 4 is 39.2 Å². The molecule has 104 valence electrons. The van der Waals surface area contributed by atoms with Crippen molar-refractivity contribution in [2.24, 2.45) is 5.73 Å². The molecule has 0 aliphatic heterocycles. The van der Waals surface area contributed by atoms with Crippen LogP contribution in [-0.2, 0) is 11.8 Å². The van der Waals surface area contributed by atoms with Gasteiger partial charge in [-0.25, -0.2) is 0 Å². The molecule has 1 heterocycles. The van der Waals surface area contributed by atoms with E-state index in [2.05, 4.69) is 59.5 Å². The molecule has 0 aliphatic rings. The van der Waals surface area contributed by atoms with E-state index in [4.69, 9.17) is 5.73 Å². The lowest BCUT2D eigenvalue weighted by Crippen LogP contribution is -2.17. The Morgan fingerprint density at radius 3 is 2.68 bits per heavy atom. The molecule has 0 radical (unpaired) electrons. The summed E-state index contributed by atoms with van der Waals surface area (Å²) in [6.45, 7) is 8.93. The van der Waals surface area contributed by atoms with Crippen molar-refractivity contribution in [3.8, 4) is 0 Å². The van der Waals surface area contributed by atoms with Gasteiger partial charge in [0.2, 0.25) is 0 Å². The summed E-state index contributed by atoms with van der Waals surface area (Å²) in [6, 6.07) is 6.32. The van der Waals surface area contributed by atoms with Crippen LogP contribution in [0.1, 0.15) is 25.1 Å². The Morgan fingerprint density at radius 2 is 2.11 bits per heavy atom. The average Bonchev–Trinajstić information content (AvgIpc) is 2.68. The summed E-state index contributed by atoms with van der Waals surface area (Å²) >= 11 is 3.51. The van der Waals surface area contributed by atoms with E-state index in [1.54, 1.807) is 0 Å². The smallest absolute Gasteiger partial charge is 0.0470 e. The van der Waals surface area contributed by atoms with Crippen LogP contribution in [0.3, 0.4) is 0 Å². The van der Waals surface area contributed by atoms with E-state index in [-0.39, 0.29) is 17.8 Å². The summed E-state index contributed by atoms with van der Waals surface area (Å²) in [5, 5.41) is 1.26. The summed E-state index contributed by atoms with van der Waals surface area (Å²) < 4.78 is 1.08. The maximum Gasteiger partial charge on any atom is 0.0470 e. The predicted octanol–water partition coefficient (Wildman–Crippen LogP) is 4.32. The molecule has 4 heteroatoms. The molecule has 0 aliphatic carbocycles. The minimum absolute atomic E-state index is 0. The Bertz CT molecular complexity index is 587. The third kappa shape index (κ3) is 3.04. The van der Waals surface area contributed by atoms with Crippen LogP contribution in [0.4, 0.5) is 0 Å². The molecule has 3 N–H and O–H groups in total. The molecular formula is C15H20BrClN2. The van der Waals surface area contributed by atoms with Gasteiger partial charge in [-0.1, -0.05) is 41.9 Å². The number of hydrogen-bond donors (Lipinski definition) is 2. The second kappa shape index (κ2) is 6.12. The third-order valence-electron chi connectivity index (χ3n) is 3.42. The van der Waals surface area contributed by atoms with E-state index < -0.39 is 0 Å². The number of hydrogen-bond acceptors (Lipinski definition) is 1. The minimum Gasteiger partial charge on any atom is -0.357 e. The highest BCUT2D eigenvalue weighted by atomic mass is 79.9. The van der Waals surface area contributed by atoms with Gasteiger partial charge in [-0.3, -0.25) is 0 Å². The van der Waals surface area contributed by atoms with Gasteiger partial charge in [0.15, 0.2) is 0 Å². The molecule has 0 spiro atoms. The van der Waals surface area contributed by atoms with Gasteiger partial charge in [-0.2, -0.15) is 0 Å². The van der Waals surface area contributed by atoms with Crippen molar-refractivity contribution in [3.63, 3.8) is 0 Å². The molecule has 0 atom stereocenters. The first-order valence-electron chi connectivity index (χ1n) is 6.14. The molecule has 0 amide bonds. The quantitative estimate of drug-likeness (QED) is 0.798. The first-order valence-corrected chi connectivity index (χ1v) is 6.93. The third-order valence-corrected chi connectivity index (χ3v) is 3.91. The van der Waals surface area contributed by atoms with Crippen molar-refractivity contribution in [1.82, 2.24) is 4.98 Å². The van der Waals surface area contributed by atoms with E-state index in [1.807, 2.05) is 6.08 Å². The number of halogens is 2. The van der Waals surface area contributed by atoms with E-state index in [0.717, 1.165) is 16.4 Å². The van der Waals surface area contributed by atoms with Gasteiger partial charge in [-0.05, 0) is 30.7 Å².